The Kier molecular flexibility index (Phi) is 56.3. The molecule has 0 aromatic carbocycles. The van der Waals surface area contributed by atoms with Crippen molar-refractivity contribution >= 4 is 17.9 Å². The maximum Gasteiger partial charge on any atom is 0.310 e. The molecule has 0 aliphatic heterocycles. The fraction of sp³-hybridized carbons (Fsp3) is 0.797. The molecule has 0 saturated carbocycles. The number of carbonyl (C=O) groups excluding carboxylic acids is 3. The molecule has 1 atom stereocenters. The van der Waals surface area contributed by atoms with Gasteiger partial charge in [-0.25, -0.2) is 0 Å². The van der Waals surface area contributed by atoms with Gasteiger partial charge in [-0.1, -0.05) is 306 Å². The van der Waals surface area contributed by atoms with Gasteiger partial charge in [0.15, 0.2) is 6.10 Å². The second-order valence-corrected chi connectivity index (χ2v) is 20.3. The molecule has 0 saturated heterocycles. The summed E-state index contributed by atoms with van der Waals surface area (Å²) in [4.78, 5) is 38.0. The Morgan fingerprint density at radius 3 is 0.814 bits per heavy atom. The molecule has 0 heterocycles. The van der Waals surface area contributed by atoms with Crippen LogP contribution >= 0.6 is 0 Å². The van der Waals surface area contributed by atoms with E-state index in [1.165, 1.54) is 199 Å². The number of carbonyl (C=O) groups is 3. The number of hydrogen-bond acceptors (Lipinski definition) is 6. The number of allylic oxidation sites excluding steroid dienone is 9. The lowest BCUT2D eigenvalue weighted by molar-refractivity contribution is -0.166. The van der Waals surface area contributed by atoms with Gasteiger partial charge in [-0.2, -0.15) is 0 Å². The van der Waals surface area contributed by atoms with Crippen LogP contribution in [0.25, 0.3) is 0 Å². The van der Waals surface area contributed by atoms with Gasteiger partial charge >= 0.3 is 17.9 Å². The monoisotopic (exact) mass is 979 g/mol. The van der Waals surface area contributed by atoms with E-state index in [4.69, 9.17) is 14.2 Å². The Balaban J connectivity index is 4.20. The standard InChI is InChI=1S/C64H114O6/c1-4-7-10-13-16-19-22-24-26-27-28-29-30-31-32-33-34-35-36-37-39-40-42-45-48-51-54-57-63(66)69-60-61(59-68-62(65)56-53-50-47-44-21-18-15-12-9-6-3)70-64(67)58-55-52-49-46-43-41-38-25-23-20-17-14-11-8-5-2/h8,11,17,20,25,38,43,46,52,55,61H,4-7,9-10,12-16,18-19,21-24,26-37,39-42,44-45,47-51,53-54,56-60H2,1-3H3/b11-8-,20-17-,38-25-,46-43-,55-52-. The summed E-state index contributed by atoms with van der Waals surface area (Å²) >= 11 is 0. The highest BCUT2D eigenvalue weighted by Gasteiger charge is 2.19. The van der Waals surface area contributed by atoms with Crippen molar-refractivity contribution < 1.29 is 28.6 Å². The van der Waals surface area contributed by atoms with Gasteiger partial charge in [0.2, 0.25) is 0 Å². The van der Waals surface area contributed by atoms with Crippen LogP contribution in [0.2, 0.25) is 0 Å². The van der Waals surface area contributed by atoms with Crippen molar-refractivity contribution in [1.29, 1.82) is 0 Å². The topological polar surface area (TPSA) is 78.9 Å². The first-order valence-corrected chi connectivity index (χ1v) is 30.3. The minimum atomic E-state index is -0.824. The quantitative estimate of drug-likeness (QED) is 0.0261. The third-order valence-corrected chi connectivity index (χ3v) is 13.3. The predicted molar refractivity (Wildman–Crippen MR) is 302 cm³/mol. The minimum absolute atomic E-state index is 0.101. The van der Waals surface area contributed by atoms with E-state index in [1.807, 2.05) is 6.08 Å². The molecule has 6 heteroatoms. The third kappa shape index (κ3) is 56.0. The summed E-state index contributed by atoms with van der Waals surface area (Å²) in [6.07, 6.45) is 74.2. The highest BCUT2D eigenvalue weighted by Crippen LogP contribution is 2.17. The van der Waals surface area contributed by atoms with Gasteiger partial charge in [0.25, 0.3) is 0 Å². The summed E-state index contributed by atoms with van der Waals surface area (Å²) in [6.45, 7) is 6.46. The molecule has 1 unspecified atom stereocenters. The van der Waals surface area contributed by atoms with Crippen molar-refractivity contribution in [3.8, 4) is 0 Å². The van der Waals surface area contributed by atoms with Crippen LogP contribution in [0, 0.1) is 0 Å². The number of esters is 3. The molecule has 0 N–H and O–H groups in total. The largest absolute Gasteiger partial charge is 0.462 e. The summed E-state index contributed by atoms with van der Waals surface area (Å²) in [5.74, 6) is -1.03. The van der Waals surface area contributed by atoms with Crippen LogP contribution in [0.3, 0.4) is 0 Å². The molecule has 0 amide bonds. The Morgan fingerprint density at radius 1 is 0.300 bits per heavy atom. The van der Waals surface area contributed by atoms with Crippen LogP contribution in [-0.4, -0.2) is 37.2 Å². The van der Waals surface area contributed by atoms with Gasteiger partial charge in [-0.05, 0) is 44.9 Å². The van der Waals surface area contributed by atoms with E-state index in [2.05, 4.69) is 69.4 Å². The minimum Gasteiger partial charge on any atom is -0.462 e. The Hall–Kier alpha value is -2.89. The molecular weight excluding hydrogens is 865 g/mol. The lowest BCUT2D eigenvalue weighted by atomic mass is 10.0. The zero-order valence-corrected chi connectivity index (χ0v) is 46.5. The molecule has 0 fully saturated rings. The van der Waals surface area contributed by atoms with Crippen molar-refractivity contribution in [1.82, 2.24) is 0 Å². The van der Waals surface area contributed by atoms with Gasteiger partial charge in [0, 0.05) is 12.8 Å². The molecule has 70 heavy (non-hydrogen) atoms. The van der Waals surface area contributed by atoms with Crippen molar-refractivity contribution in [3.63, 3.8) is 0 Å². The van der Waals surface area contributed by atoms with Gasteiger partial charge < -0.3 is 14.2 Å². The summed E-state index contributed by atoms with van der Waals surface area (Å²) in [7, 11) is 0. The van der Waals surface area contributed by atoms with Crippen LogP contribution in [0.5, 0.6) is 0 Å². The summed E-state index contributed by atoms with van der Waals surface area (Å²) in [5, 5.41) is 0. The van der Waals surface area contributed by atoms with E-state index in [9.17, 15) is 14.4 Å². The van der Waals surface area contributed by atoms with E-state index >= 15 is 0 Å². The molecule has 0 bridgehead atoms. The molecule has 0 aromatic heterocycles. The first-order valence-electron chi connectivity index (χ1n) is 30.3. The number of hydrogen-bond donors (Lipinski definition) is 0. The molecule has 6 nitrogen and oxygen atoms in total. The van der Waals surface area contributed by atoms with Crippen LogP contribution < -0.4 is 0 Å². The van der Waals surface area contributed by atoms with E-state index in [0.717, 1.165) is 70.6 Å². The molecule has 406 valence electrons. The zero-order chi connectivity index (χ0) is 50.7. The smallest absolute Gasteiger partial charge is 0.310 e. The van der Waals surface area contributed by atoms with Crippen molar-refractivity contribution in [2.24, 2.45) is 0 Å². The Labute approximate surface area is 434 Å². The van der Waals surface area contributed by atoms with E-state index in [1.54, 1.807) is 6.08 Å². The van der Waals surface area contributed by atoms with Crippen molar-refractivity contribution in [2.75, 3.05) is 13.2 Å². The highest BCUT2D eigenvalue weighted by atomic mass is 16.6. The first-order chi connectivity index (χ1) is 34.5. The van der Waals surface area contributed by atoms with E-state index in [-0.39, 0.29) is 31.6 Å². The predicted octanol–water partition coefficient (Wildman–Crippen LogP) is 20.4. The second-order valence-electron chi connectivity index (χ2n) is 20.3. The molecule has 0 aromatic rings. The van der Waals surface area contributed by atoms with E-state index in [0.29, 0.717) is 12.8 Å². The SMILES string of the molecule is CC/C=C\C/C=C\C/C=C\C/C=C\C/C=C\CC(=O)OC(COC(=O)CCCCCCCCCCCC)COC(=O)CCCCCCCCCCCCCCCCCCCCCCCCCCCCC. The molecular formula is C64H114O6. The van der Waals surface area contributed by atoms with Crippen LogP contribution in [-0.2, 0) is 28.6 Å². The molecule has 0 radical (unpaired) electrons. The van der Waals surface area contributed by atoms with Crippen LogP contribution in [0.1, 0.15) is 310 Å². The molecule has 0 rings (SSSR count). The summed E-state index contributed by atoms with van der Waals surface area (Å²) in [5.41, 5.74) is 0. The van der Waals surface area contributed by atoms with Gasteiger partial charge in [-0.3, -0.25) is 14.4 Å². The van der Waals surface area contributed by atoms with Gasteiger partial charge in [0.1, 0.15) is 13.2 Å². The number of unbranched alkanes of at least 4 members (excludes halogenated alkanes) is 35. The lowest BCUT2D eigenvalue weighted by Gasteiger charge is -2.18. The second kappa shape index (κ2) is 58.7. The maximum atomic E-state index is 12.8. The summed E-state index contributed by atoms with van der Waals surface area (Å²) in [6, 6.07) is 0. The third-order valence-electron chi connectivity index (χ3n) is 13.3. The fourth-order valence-electron chi connectivity index (χ4n) is 8.82. The zero-order valence-electron chi connectivity index (χ0n) is 46.5. The maximum absolute atomic E-state index is 12.8. The average molecular weight is 980 g/mol. The lowest BCUT2D eigenvalue weighted by Crippen LogP contribution is -2.30. The summed E-state index contributed by atoms with van der Waals surface area (Å²) < 4.78 is 16.7. The first kappa shape index (κ1) is 67.1. The van der Waals surface area contributed by atoms with Crippen molar-refractivity contribution in [2.45, 2.75) is 316 Å². The van der Waals surface area contributed by atoms with Crippen LogP contribution in [0.4, 0.5) is 0 Å². The fourth-order valence-corrected chi connectivity index (χ4v) is 8.82. The van der Waals surface area contributed by atoms with Gasteiger partial charge in [0.05, 0.1) is 6.42 Å². The Morgan fingerprint density at radius 2 is 0.543 bits per heavy atom. The normalized spacial score (nSPS) is 12.4. The molecule has 0 spiro atoms. The Bertz CT molecular complexity index is 1260. The van der Waals surface area contributed by atoms with Crippen molar-refractivity contribution in [3.05, 3.63) is 60.8 Å². The van der Waals surface area contributed by atoms with E-state index < -0.39 is 12.1 Å². The highest BCUT2D eigenvalue weighted by molar-refractivity contribution is 5.72. The van der Waals surface area contributed by atoms with Gasteiger partial charge in [-0.15, -0.1) is 0 Å². The molecule has 0 aliphatic rings. The van der Waals surface area contributed by atoms with Crippen LogP contribution in [0.15, 0.2) is 60.8 Å². The average Bonchev–Trinajstić information content (AvgIpc) is 3.36. The molecule has 0 aliphatic carbocycles. The number of rotatable bonds is 55. The number of ether oxygens (including phenoxy) is 3.